The normalized spacial score (nSPS) is 10.4. The van der Waals surface area contributed by atoms with Crippen molar-refractivity contribution in [3.05, 3.63) is 56.7 Å². The Hall–Kier alpha value is -1.07. The third kappa shape index (κ3) is 2.84. The van der Waals surface area contributed by atoms with Crippen LogP contribution in [0.5, 0.6) is 5.75 Å². The van der Waals surface area contributed by atoms with E-state index in [4.69, 9.17) is 10.5 Å². The van der Waals surface area contributed by atoms with Crippen LogP contribution >= 0.6 is 31.9 Å². The first-order valence-electron chi connectivity index (χ1n) is 5.19. The van der Waals surface area contributed by atoms with Crippen LogP contribution < -0.4 is 10.5 Å². The molecule has 2 aromatic rings. The largest absolute Gasteiger partial charge is 0.486 e. The summed E-state index contributed by atoms with van der Waals surface area (Å²) in [5.41, 5.74) is 6.06. The summed E-state index contributed by atoms with van der Waals surface area (Å²) in [5, 5.41) is 0. The number of hydrogen-bond acceptors (Lipinski definition) is 2. The van der Waals surface area contributed by atoms with Crippen LogP contribution in [0.3, 0.4) is 0 Å². The minimum absolute atomic E-state index is 0.123. The van der Waals surface area contributed by atoms with E-state index in [1.165, 1.54) is 6.07 Å². The van der Waals surface area contributed by atoms with Gasteiger partial charge in [-0.05, 0) is 50.1 Å². The third-order valence-electron chi connectivity index (χ3n) is 2.40. The quantitative estimate of drug-likeness (QED) is 0.802. The van der Waals surface area contributed by atoms with Gasteiger partial charge in [-0.15, -0.1) is 0 Å². The van der Waals surface area contributed by atoms with E-state index >= 15 is 0 Å². The minimum atomic E-state index is -0.430. The number of ether oxygens (including phenoxy) is 1. The number of halogens is 3. The monoisotopic (exact) mass is 373 g/mol. The van der Waals surface area contributed by atoms with Gasteiger partial charge in [0, 0.05) is 5.56 Å². The molecule has 0 aliphatic carbocycles. The van der Waals surface area contributed by atoms with Crippen LogP contribution in [0.2, 0.25) is 0 Å². The van der Waals surface area contributed by atoms with Crippen molar-refractivity contribution in [3.63, 3.8) is 0 Å². The molecule has 0 heterocycles. The fraction of sp³-hybridized carbons (Fsp3) is 0.0769. The minimum Gasteiger partial charge on any atom is -0.486 e. The van der Waals surface area contributed by atoms with Gasteiger partial charge in [0.15, 0.2) is 5.82 Å². The van der Waals surface area contributed by atoms with E-state index in [-0.39, 0.29) is 12.3 Å². The SMILES string of the molecule is Nc1cccc(COc2c(Br)cccc2Br)c1F. The number of para-hydroxylation sites is 1. The summed E-state index contributed by atoms with van der Waals surface area (Å²) >= 11 is 6.76. The fourth-order valence-corrected chi connectivity index (χ4v) is 2.71. The average molecular weight is 375 g/mol. The Bertz CT molecular complexity index is 555. The van der Waals surface area contributed by atoms with Crippen LogP contribution in [0.15, 0.2) is 45.3 Å². The lowest BCUT2D eigenvalue weighted by atomic mass is 10.2. The molecule has 2 nitrogen and oxygen atoms in total. The van der Waals surface area contributed by atoms with Crippen molar-refractivity contribution in [2.75, 3.05) is 5.73 Å². The zero-order valence-corrected chi connectivity index (χ0v) is 12.5. The molecule has 0 saturated heterocycles. The molecular formula is C13H10Br2FNO. The molecule has 0 fully saturated rings. The van der Waals surface area contributed by atoms with Crippen molar-refractivity contribution in [2.45, 2.75) is 6.61 Å². The van der Waals surface area contributed by atoms with Crippen LogP contribution in [0.25, 0.3) is 0 Å². The summed E-state index contributed by atoms with van der Waals surface area (Å²) in [6.45, 7) is 0.123. The summed E-state index contributed by atoms with van der Waals surface area (Å²) in [6, 6.07) is 10.5. The summed E-state index contributed by atoms with van der Waals surface area (Å²) in [6.07, 6.45) is 0. The Morgan fingerprint density at radius 2 is 1.67 bits per heavy atom. The second kappa shape index (κ2) is 5.71. The number of hydrogen-bond donors (Lipinski definition) is 1. The van der Waals surface area contributed by atoms with Gasteiger partial charge in [-0.1, -0.05) is 18.2 Å². The Morgan fingerprint density at radius 1 is 1.06 bits per heavy atom. The smallest absolute Gasteiger partial charge is 0.152 e. The van der Waals surface area contributed by atoms with Crippen molar-refractivity contribution in [2.24, 2.45) is 0 Å². The highest BCUT2D eigenvalue weighted by Crippen LogP contribution is 2.33. The van der Waals surface area contributed by atoms with Crippen molar-refractivity contribution >= 4 is 37.5 Å². The van der Waals surface area contributed by atoms with E-state index in [0.717, 1.165) is 8.95 Å². The molecule has 0 saturated carbocycles. The summed E-state index contributed by atoms with van der Waals surface area (Å²) in [5.74, 6) is 0.208. The Kier molecular flexibility index (Phi) is 4.24. The maximum absolute atomic E-state index is 13.7. The third-order valence-corrected chi connectivity index (χ3v) is 3.65. The van der Waals surface area contributed by atoms with Crippen molar-refractivity contribution in [1.29, 1.82) is 0 Å². The van der Waals surface area contributed by atoms with Crippen LogP contribution in [-0.4, -0.2) is 0 Å². The van der Waals surface area contributed by atoms with Crippen molar-refractivity contribution in [1.82, 2.24) is 0 Å². The molecule has 0 aliphatic rings. The molecule has 0 amide bonds. The number of benzene rings is 2. The van der Waals surface area contributed by atoms with Crippen molar-refractivity contribution in [3.8, 4) is 5.75 Å². The van der Waals surface area contributed by atoms with E-state index in [2.05, 4.69) is 31.9 Å². The second-order valence-corrected chi connectivity index (χ2v) is 5.37. The van der Waals surface area contributed by atoms with Crippen LogP contribution in [0, 0.1) is 5.82 Å². The molecule has 0 bridgehead atoms. The maximum Gasteiger partial charge on any atom is 0.152 e. The first-order chi connectivity index (χ1) is 8.59. The lowest BCUT2D eigenvalue weighted by molar-refractivity contribution is 0.296. The predicted octanol–water partition coefficient (Wildman–Crippen LogP) is 4.51. The molecule has 0 radical (unpaired) electrons. The van der Waals surface area contributed by atoms with Gasteiger partial charge in [0.25, 0.3) is 0 Å². The van der Waals surface area contributed by atoms with E-state index in [1.54, 1.807) is 12.1 Å². The van der Waals surface area contributed by atoms with Crippen LogP contribution in [-0.2, 0) is 6.61 Å². The van der Waals surface area contributed by atoms with E-state index in [1.807, 2.05) is 18.2 Å². The zero-order chi connectivity index (χ0) is 13.1. The Morgan fingerprint density at radius 3 is 2.33 bits per heavy atom. The topological polar surface area (TPSA) is 35.2 Å². The number of nitrogens with two attached hydrogens (primary N) is 1. The molecule has 0 spiro atoms. The molecule has 2 rings (SSSR count). The molecule has 0 atom stereocenters. The van der Waals surface area contributed by atoms with E-state index in [9.17, 15) is 4.39 Å². The standard InChI is InChI=1S/C13H10Br2FNO/c14-9-4-2-5-10(15)13(9)18-7-8-3-1-6-11(17)12(8)16/h1-6H,7,17H2. The highest BCUT2D eigenvalue weighted by Gasteiger charge is 2.09. The fourth-order valence-electron chi connectivity index (χ4n) is 1.48. The van der Waals surface area contributed by atoms with Gasteiger partial charge in [0.1, 0.15) is 12.4 Å². The van der Waals surface area contributed by atoms with Gasteiger partial charge in [0.2, 0.25) is 0 Å². The van der Waals surface area contributed by atoms with Crippen molar-refractivity contribution < 1.29 is 9.13 Å². The van der Waals surface area contributed by atoms with Gasteiger partial charge in [0.05, 0.1) is 14.6 Å². The van der Waals surface area contributed by atoms with Gasteiger partial charge < -0.3 is 10.5 Å². The first kappa shape index (κ1) is 13.4. The zero-order valence-electron chi connectivity index (χ0n) is 9.29. The molecule has 94 valence electrons. The highest BCUT2D eigenvalue weighted by atomic mass is 79.9. The summed E-state index contributed by atoms with van der Waals surface area (Å²) in [7, 11) is 0. The molecule has 0 aromatic heterocycles. The maximum atomic E-state index is 13.7. The molecule has 2 N–H and O–H groups in total. The van der Waals surface area contributed by atoms with Gasteiger partial charge >= 0.3 is 0 Å². The van der Waals surface area contributed by atoms with Crippen LogP contribution in [0.1, 0.15) is 5.56 Å². The van der Waals surface area contributed by atoms with Crippen LogP contribution in [0.4, 0.5) is 10.1 Å². The number of nitrogen functional groups attached to an aromatic ring is 1. The second-order valence-electron chi connectivity index (χ2n) is 3.66. The molecule has 0 unspecified atom stereocenters. The van der Waals surface area contributed by atoms with E-state index < -0.39 is 5.82 Å². The Balaban J connectivity index is 2.19. The first-order valence-corrected chi connectivity index (χ1v) is 6.78. The number of rotatable bonds is 3. The Labute approximate surface area is 121 Å². The molecule has 18 heavy (non-hydrogen) atoms. The van der Waals surface area contributed by atoms with Gasteiger partial charge in [-0.3, -0.25) is 0 Å². The van der Waals surface area contributed by atoms with Gasteiger partial charge in [-0.2, -0.15) is 0 Å². The van der Waals surface area contributed by atoms with E-state index in [0.29, 0.717) is 11.3 Å². The molecule has 5 heteroatoms. The molecule has 2 aromatic carbocycles. The predicted molar refractivity (Wildman–Crippen MR) is 77.0 cm³/mol. The summed E-state index contributed by atoms with van der Waals surface area (Å²) in [4.78, 5) is 0. The lowest BCUT2D eigenvalue weighted by Gasteiger charge is -2.11. The lowest BCUT2D eigenvalue weighted by Crippen LogP contribution is -2.02. The molecular weight excluding hydrogens is 365 g/mol. The van der Waals surface area contributed by atoms with Gasteiger partial charge in [-0.25, -0.2) is 4.39 Å². The number of anilines is 1. The summed E-state index contributed by atoms with van der Waals surface area (Å²) < 4.78 is 20.9. The molecule has 0 aliphatic heterocycles. The average Bonchev–Trinajstić information content (AvgIpc) is 2.33. The highest BCUT2D eigenvalue weighted by molar-refractivity contribution is 9.11.